The summed E-state index contributed by atoms with van der Waals surface area (Å²) < 4.78 is 0. The van der Waals surface area contributed by atoms with E-state index in [1.165, 1.54) is 158 Å². The molecule has 0 fully saturated rings. The van der Waals surface area contributed by atoms with Crippen LogP contribution in [0.5, 0.6) is 0 Å². The highest BCUT2D eigenvalue weighted by atomic mass is 32.1. The molecule has 8 rings (SSSR count). The van der Waals surface area contributed by atoms with Gasteiger partial charge in [0.15, 0.2) is 0 Å². The second-order valence-electron chi connectivity index (χ2n) is 17.8. The van der Waals surface area contributed by atoms with E-state index in [2.05, 4.69) is 99.2 Å². The highest BCUT2D eigenvalue weighted by Crippen LogP contribution is 2.51. The second kappa shape index (κ2) is 23.1. The molecule has 8 heterocycles. The third-order valence-corrected chi connectivity index (χ3v) is 20.2. The molecule has 0 aromatic carbocycles. The Hall–Kier alpha value is -3.38. The van der Waals surface area contributed by atoms with Crippen LogP contribution in [-0.2, 0) is 35.3 Å². The van der Waals surface area contributed by atoms with Gasteiger partial charge in [-0.2, -0.15) is 0 Å². The maximum atomic E-state index is 14.1. The molecule has 0 spiro atoms. The van der Waals surface area contributed by atoms with Gasteiger partial charge in [-0.1, -0.05) is 111 Å². The molecule has 6 aromatic rings. The first kappa shape index (κ1) is 48.1. The zero-order valence-electron chi connectivity index (χ0n) is 39.1. The second-order valence-corrected chi connectivity index (χ2v) is 24.2. The van der Waals surface area contributed by atoms with Gasteiger partial charge in [0.1, 0.15) is 0 Å². The van der Waals surface area contributed by atoms with Crippen molar-refractivity contribution in [2.24, 2.45) is 0 Å². The number of nitrogens with one attached hydrogen (secondary N) is 2. The van der Waals surface area contributed by atoms with Crippen LogP contribution in [0.4, 0.5) is 0 Å². The van der Waals surface area contributed by atoms with Crippen molar-refractivity contribution in [1.82, 2.24) is 10.6 Å². The van der Waals surface area contributed by atoms with Gasteiger partial charge in [-0.3, -0.25) is 9.59 Å². The number of carbonyl (C=O) groups excluding carboxylic acids is 2. The Morgan fingerprint density at radius 2 is 0.769 bits per heavy atom. The van der Waals surface area contributed by atoms with E-state index in [1.54, 1.807) is 33.8 Å². The van der Waals surface area contributed by atoms with Gasteiger partial charge in [-0.15, -0.1) is 68.0 Å². The molecule has 0 aliphatic carbocycles. The molecule has 0 radical (unpaired) electrons. The summed E-state index contributed by atoms with van der Waals surface area (Å²) in [5.74, 6) is -0.402. The van der Waals surface area contributed by atoms with E-state index < -0.39 is 0 Å². The molecule has 10 heteroatoms. The van der Waals surface area contributed by atoms with E-state index in [4.69, 9.17) is 0 Å². The Labute approximate surface area is 412 Å². The molecule has 4 nitrogen and oxygen atoms in total. The topological polar surface area (TPSA) is 58.2 Å². The number of hydrogen-bond donors (Lipinski definition) is 2. The molecule has 2 aliphatic rings. The van der Waals surface area contributed by atoms with Crippen molar-refractivity contribution >= 4 is 91.2 Å². The van der Waals surface area contributed by atoms with Gasteiger partial charge < -0.3 is 10.6 Å². The van der Waals surface area contributed by atoms with Crippen LogP contribution in [0.15, 0.2) is 65.1 Å². The van der Waals surface area contributed by atoms with E-state index in [1.807, 2.05) is 45.3 Å². The first-order chi connectivity index (χ1) is 31.8. The molecule has 0 unspecified atom stereocenters. The fraction of sp³-hybridized carbons (Fsp3) is 0.455. The lowest BCUT2D eigenvalue weighted by Crippen LogP contribution is -2.20. The van der Waals surface area contributed by atoms with Crippen LogP contribution in [0.3, 0.4) is 0 Å². The molecule has 65 heavy (non-hydrogen) atoms. The minimum atomic E-state index is -0.201. The molecule has 0 atom stereocenters. The Kier molecular flexibility index (Phi) is 17.1. The predicted octanol–water partition coefficient (Wildman–Crippen LogP) is 17.9. The van der Waals surface area contributed by atoms with Crippen molar-refractivity contribution in [3.05, 3.63) is 102 Å². The fourth-order valence-electron chi connectivity index (χ4n) is 9.47. The predicted molar refractivity (Wildman–Crippen MR) is 288 cm³/mol. The highest BCUT2D eigenvalue weighted by molar-refractivity contribution is 7.27. The molecular formula is C55H66N2O2S6. The standard InChI is InChI=1S/C55H66N2O2S6/c1-6-10-14-18-23-36-37(24-19-15-11-7-2)52(64-50(36)42-27-22-34-60-42)44-32-30-40(62-44)48-46-47(55(59)56-48)49(57-54(46)58)41-31-33-45(63-41)53-39(26-21-17-13-9-4)38(25-20-16-12-8-3)51(65-53)43-29-28-35(5)61-43/h22,27-34H,6-21,23-26H2,1-5H3,(H,56,59)(H,57,58). The maximum Gasteiger partial charge on any atom is 0.258 e. The Morgan fingerprint density at radius 3 is 1.12 bits per heavy atom. The van der Waals surface area contributed by atoms with Gasteiger partial charge in [0.25, 0.3) is 11.8 Å². The Morgan fingerprint density at radius 1 is 0.400 bits per heavy atom. The SMILES string of the molecule is CCCCCCc1c(-c2cccs2)sc(-c2ccc(C3=C4C(=O)NC(c5ccc(-c6sc(-c7ccc(C)s7)c(CCCCCC)c6CCCCCC)s5)=C4C(=O)N3)s2)c1CCCCCC. The third-order valence-electron chi connectivity index (χ3n) is 12.9. The number of amides is 2. The molecule has 2 N–H and O–H groups in total. The lowest BCUT2D eigenvalue weighted by Gasteiger charge is -2.09. The van der Waals surface area contributed by atoms with Crippen LogP contribution in [0.2, 0.25) is 0 Å². The van der Waals surface area contributed by atoms with Crippen LogP contribution in [0.1, 0.15) is 167 Å². The Bertz CT molecular complexity index is 2620. The average molecular weight is 980 g/mol. The minimum absolute atomic E-state index is 0.201. The quantitative estimate of drug-likeness (QED) is 0.0532. The third kappa shape index (κ3) is 10.8. The van der Waals surface area contributed by atoms with Crippen molar-refractivity contribution in [2.45, 2.75) is 163 Å². The van der Waals surface area contributed by atoms with Crippen molar-refractivity contribution < 1.29 is 9.59 Å². The van der Waals surface area contributed by atoms with Crippen molar-refractivity contribution in [2.75, 3.05) is 0 Å². The number of thiophene rings is 6. The fourth-order valence-corrected chi connectivity index (χ4v) is 16.5. The number of hydrogen-bond acceptors (Lipinski definition) is 8. The number of carbonyl (C=O) groups is 2. The molecule has 0 bridgehead atoms. The van der Waals surface area contributed by atoms with Gasteiger partial charge in [0.05, 0.1) is 32.3 Å². The zero-order chi connectivity index (χ0) is 45.3. The van der Waals surface area contributed by atoms with Gasteiger partial charge in [0.2, 0.25) is 0 Å². The monoisotopic (exact) mass is 978 g/mol. The summed E-state index contributed by atoms with van der Waals surface area (Å²) in [6, 6.07) is 17.7. The lowest BCUT2D eigenvalue weighted by atomic mass is 9.96. The normalized spacial score (nSPS) is 13.8. The van der Waals surface area contributed by atoms with Crippen LogP contribution >= 0.6 is 68.0 Å². The lowest BCUT2D eigenvalue weighted by molar-refractivity contribution is -0.117. The van der Waals surface area contributed by atoms with Gasteiger partial charge in [-0.25, -0.2) is 0 Å². The van der Waals surface area contributed by atoms with E-state index >= 15 is 0 Å². The van der Waals surface area contributed by atoms with E-state index in [-0.39, 0.29) is 11.8 Å². The number of rotatable bonds is 26. The summed E-state index contributed by atoms with van der Waals surface area (Å²) in [6.07, 6.45) is 24.2. The van der Waals surface area contributed by atoms with Crippen LogP contribution in [-0.4, -0.2) is 11.8 Å². The van der Waals surface area contributed by atoms with Gasteiger partial charge >= 0.3 is 0 Å². The molecule has 344 valence electrons. The molecule has 2 aliphatic heterocycles. The molecule has 2 amide bonds. The molecular weight excluding hydrogens is 913 g/mol. The largest absolute Gasteiger partial charge is 0.320 e. The first-order valence-electron chi connectivity index (χ1n) is 24.6. The number of aryl methyl sites for hydroxylation is 1. The summed E-state index contributed by atoms with van der Waals surface area (Å²) in [5.41, 5.74) is 8.35. The summed E-state index contributed by atoms with van der Waals surface area (Å²) in [5, 5.41) is 8.59. The van der Waals surface area contributed by atoms with Crippen molar-refractivity contribution in [1.29, 1.82) is 0 Å². The minimum Gasteiger partial charge on any atom is -0.320 e. The molecule has 6 aromatic heterocycles. The maximum absolute atomic E-state index is 14.1. The Balaban J connectivity index is 1.14. The summed E-state index contributed by atoms with van der Waals surface area (Å²) in [4.78, 5) is 42.1. The first-order valence-corrected chi connectivity index (χ1v) is 29.5. The van der Waals surface area contributed by atoms with Crippen LogP contribution in [0.25, 0.3) is 50.4 Å². The highest BCUT2D eigenvalue weighted by Gasteiger charge is 2.42. The van der Waals surface area contributed by atoms with Crippen molar-refractivity contribution in [3.63, 3.8) is 0 Å². The smallest absolute Gasteiger partial charge is 0.258 e. The zero-order valence-corrected chi connectivity index (χ0v) is 44.0. The van der Waals surface area contributed by atoms with Gasteiger partial charge in [0, 0.05) is 43.9 Å². The van der Waals surface area contributed by atoms with Crippen LogP contribution in [0, 0.1) is 6.92 Å². The number of fused-ring (bicyclic) bond motifs is 1. The number of unbranched alkanes of at least 4 members (excludes halogenated alkanes) is 12. The van der Waals surface area contributed by atoms with E-state index in [0.29, 0.717) is 22.5 Å². The van der Waals surface area contributed by atoms with Gasteiger partial charge in [-0.05, 0) is 128 Å². The molecule has 0 saturated heterocycles. The molecule has 0 saturated carbocycles. The van der Waals surface area contributed by atoms with Crippen molar-refractivity contribution in [3.8, 4) is 39.0 Å². The summed E-state index contributed by atoms with van der Waals surface area (Å²) in [7, 11) is 0. The van der Waals surface area contributed by atoms with Crippen LogP contribution < -0.4 is 10.6 Å². The van der Waals surface area contributed by atoms with E-state index in [0.717, 1.165) is 35.4 Å². The van der Waals surface area contributed by atoms with E-state index in [9.17, 15) is 9.59 Å². The summed E-state index contributed by atoms with van der Waals surface area (Å²) >= 11 is 11.1. The summed E-state index contributed by atoms with van der Waals surface area (Å²) in [6.45, 7) is 11.3. The average Bonchev–Trinajstić information content (AvgIpc) is 4.16.